The van der Waals surface area contributed by atoms with Gasteiger partial charge in [0.05, 0.1) is 10.5 Å². The summed E-state index contributed by atoms with van der Waals surface area (Å²) in [6, 6.07) is 0.888. The second-order valence-corrected chi connectivity index (χ2v) is 7.10. The molecule has 0 heterocycles. The quantitative estimate of drug-likeness (QED) is 0.852. The van der Waals surface area contributed by atoms with Gasteiger partial charge in [-0.15, -0.1) is 0 Å². The molecule has 0 aromatic heterocycles. The van der Waals surface area contributed by atoms with Crippen molar-refractivity contribution in [1.29, 1.82) is 0 Å². The predicted octanol–water partition coefficient (Wildman–Crippen LogP) is 3.23. The molecule has 0 fully saturated rings. The van der Waals surface area contributed by atoms with Crippen LogP contribution >= 0.6 is 0 Å². The molecule has 0 unspecified atom stereocenters. The van der Waals surface area contributed by atoms with Gasteiger partial charge in [0, 0.05) is 5.54 Å². The lowest BCUT2D eigenvalue weighted by molar-refractivity contribution is -0.140. The fraction of sp³-hybridized carbons (Fsp3) is 0.500. The summed E-state index contributed by atoms with van der Waals surface area (Å²) in [4.78, 5) is -1.11. The van der Waals surface area contributed by atoms with E-state index in [9.17, 15) is 26.0 Å². The van der Waals surface area contributed by atoms with Crippen molar-refractivity contribution in [2.45, 2.75) is 44.3 Å². The fourth-order valence-electron chi connectivity index (χ4n) is 1.57. The first-order chi connectivity index (χ1) is 8.74. The number of benzene rings is 1. The highest BCUT2D eigenvalue weighted by Crippen LogP contribution is 2.35. The Morgan fingerprint density at radius 1 is 1.10 bits per heavy atom. The first-order valence-electron chi connectivity index (χ1n) is 5.65. The molecule has 1 aromatic carbocycles. The molecule has 0 aliphatic rings. The lowest BCUT2D eigenvalue weighted by atomic mass is 10.1. The van der Waals surface area contributed by atoms with Crippen LogP contribution < -0.4 is 4.72 Å². The lowest BCUT2D eigenvalue weighted by Crippen LogP contribution is -2.41. The van der Waals surface area contributed by atoms with Crippen LogP contribution in [0.5, 0.6) is 0 Å². The van der Waals surface area contributed by atoms with Crippen molar-refractivity contribution in [3.05, 3.63) is 29.1 Å². The number of aryl methyl sites for hydroxylation is 1. The number of alkyl halides is 3. The lowest BCUT2D eigenvalue weighted by Gasteiger charge is -2.22. The van der Waals surface area contributed by atoms with Crippen LogP contribution in [0.2, 0.25) is 0 Å². The van der Waals surface area contributed by atoms with Crippen molar-refractivity contribution in [3.63, 3.8) is 0 Å². The highest BCUT2D eigenvalue weighted by Gasteiger charge is 2.38. The minimum atomic E-state index is -4.89. The molecule has 0 radical (unpaired) electrons. The van der Waals surface area contributed by atoms with Crippen molar-refractivity contribution in [2.24, 2.45) is 0 Å². The normalized spacial score (nSPS) is 13.6. The van der Waals surface area contributed by atoms with Crippen LogP contribution in [0.3, 0.4) is 0 Å². The fourth-order valence-corrected chi connectivity index (χ4v) is 3.20. The second kappa shape index (κ2) is 5.00. The highest BCUT2D eigenvalue weighted by atomic mass is 32.2. The van der Waals surface area contributed by atoms with E-state index in [1.165, 1.54) is 20.8 Å². The van der Waals surface area contributed by atoms with Crippen molar-refractivity contribution in [3.8, 4) is 0 Å². The van der Waals surface area contributed by atoms with Gasteiger partial charge in [0.15, 0.2) is 0 Å². The van der Waals surface area contributed by atoms with Gasteiger partial charge in [0.25, 0.3) is 0 Å². The molecule has 8 heteroatoms. The summed E-state index contributed by atoms with van der Waals surface area (Å²) in [7, 11) is -4.48. The molecule has 3 nitrogen and oxygen atoms in total. The average Bonchev–Trinajstić information content (AvgIpc) is 2.15. The van der Waals surface area contributed by atoms with Gasteiger partial charge in [-0.1, -0.05) is 0 Å². The van der Waals surface area contributed by atoms with Gasteiger partial charge in [-0.05, 0) is 45.4 Å². The van der Waals surface area contributed by atoms with Crippen molar-refractivity contribution < 1.29 is 26.0 Å². The van der Waals surface area contributed by atoms with Crippen LogP contribution in [0.25, 0.3) is 0 Å². The van der Waals surface area contributed by atoms with E-state index in [0.29, 0.717) is 12.1 Å². The summed E-state index contributed by atoms with van der Waals surface area (Å²) in [6.45, 7) is 5.56. The smallest absolute Gasteiger partial charge is 0.207 e. The van der Waals surface area contributed by atoms with E-state index < -0.39 is 38.0 Å². The van der Waals surface area contributed by atoms with Gasteiger partial charge < -0.3 is 0 Å². The number of sulfonamides is 1. The summed E-state index contributed by atoms with van der Waals surface area (Å²) in [6.07, 6.45) is -4.89. The zero-order chi connectivity index (χ0) is 15.9. The molecule has 0 spiro atoms. The van der Waals surface area contributed by atoms with Crippen molar-refractivity contribution >= 4 is 10.0 Å². The standard InChI is InChI=1S/C12H15F4NO2S/c1-7-5-8(12(14,15)16)10(6-9(7)13)20(18,19)17-11(2,3)4/h5-6,17H,1-4H3. The first kappa shape index (κ1) is 16.9. The molecule has 1 aromatic rings. The first-order valence-corrected chi connectivity index (χ1v) is 7.14. The maximum absolute atomic E-state index is 13.5. The van der Waals surface area contributed by atoms with Crippen LogP contribution in [-0.4, -0.2) is 14.0 Å². The van der Waals surface area contributed by atoms with Crippen LogP contribution in [0.4, 0.5) is 17.6 Å². The SMILES string of the molecule is Cc1cc(C(F)(F)F)c(S(=O)(=O)NC(C)(C)C)cc1F. The van der Waals surface area contributed by atoms with E-state index in [1.54, 1.807) is 0 Å². The van der Waals surface area contributed by atoms with Crippen LogP contribution in [0.15, 0.2) is 17.0 Å². The number of hydrogen-bond donors (Lipinski definition) is 1. The molecule has 1 N–H and O–H groups in total. The summed E-state index contributed by atoms with van der Waals surface area (Å²) >= 11 is 0. The minimum absolute atomic E-state index is 0.271. The summed E-state index contributed by atoms with van der Waals surface area (Å²) < 4.78 is 78.3. The molecule has 0 aliphatic carbocycles. The molecule has 20 heavy (non-hydrogen) atoms. The van der Waals surface area contributed by atoms with Crippen molar-refractivity contribution in [1.82, 2.24) is 4.72 Å². The second-order valence-electron chi connectivity index (χ2n) is 5.45. The summed E-state index contributed by atoms with van der Waals surface area (Å²) in [5.74, 6) is -1.01. The number of rotatable bonds is 2. The maximum Gasteiger partial charge on any atom is 0.417 e. The van der Waals surface area contributed by atoms with Gasteiger partial charge >= 0.3 is 6.18 Å². The number of hydrogen-bond acceptors (Lipinski definition) is 2. The van der Waals surface area contributed by atoms with Gasteiger partial charge in [-0.2, -0.15) is 13.2 Å². The van der Waals surface area contributed by atoms with Gasteiger partial charge in [-0.25, -0.2) is 17.5 Å². The van der Waals surface area contributed by atoms with E-state index in [2.05, 4.69) is 4.72 Å². The molecule has 114 valence electrons. The third kappa shape index (κ3) is 3.92. The zero-order valence-corrected chi connectivity index (χ0v) is 12.2. The molecular weight excluding hydrogens is 298 g/mol. The van der Waals surface area contributed by atoms with Crippen LogP contribution in [0, 0.1) is 12.7 Å². The molecule has 0 amide bonds. The Bertz CT molecular complexity index is 616. The Hall–Kier alpha value is -1.15. The number of nitrogens with one attached hydrogen (secondary N) is 1. The topological polar surface area (TPSA) is 46.2 Å². The molecule has 1 rings (SSSR count). The molecule has 0 saturated heterocycles. The third-order valence-electron chi connectivity index (χ3n) is 2.30. The largest absolute Gasteiger partial charge is 0.417 e. The van der Waals surface area contributed by atoms with E-state index in [1.807, 2.05) is 0 Å². The zero-order valence-electron chi connectivity index (χ0n) is 11.4. The van der Waals surface area contributed by atoms with E-state index in [0.717, 1.165) is 6.92 Å². The third-order valence-corrected chi connectivity index (χ3v) is 4.09. The molecule has 0 saturated carbocycles. The Labute approximate surface area is 115 Å². The summed E-state index contributed by atoms with van der Waals surface area (Å²) in [5, 5.41) is 0. The monoisotopic (exact) mass is 313 g/mol. The Morgan fingerprint density at radius 3 is 2.00 bits per heavy atom. The maximum atomic E-state index is 13.5. The minimum Gasteiger partial charge on any atom is -0.207 e. The molecular formula is C12H15F4NO2S. The van der Waals surface area contributed by atoms with Crippen LogP contribution in [0.1, 0.15) is 31.9 Å². The molecule has 0 atom stereocenters. The molecule has 0 aliphatic heterocycles. The van der Waals surface area contributed by atoms with Gasteiger partial charge in [0.1, 0.15) is 5.82 Å². The Morgan fingerprint density at radius 2 is 1.60 bits per heavy atom. The van der Waals surface area contributed by atoms with Gasteiger partial charge in [-0.3, -0.25) is 0 Å². The Balaban J connectivity index is 3.56. The Kier molecular flexibility index (Phi) is 4.22. The van der Waals surface area contributed by atoms with Gasteiger partial charge in [0.2, 0.25) is 10.0 Å². The highest BCUT2D eigenvalue weighted by molar-refractivity contribution is 7.89. The molecule has 0 bridgehead atoms. The number of halogens is 4. The van der Waals surface area contributed by atoms with E-state index in [-0.39, 0.29) is 5.56 Å². The average molecular weight is 313 g/mol. The van der Waals surface area contributed by atoms with Crippen molar-refractivity contribution in [2.75, 3.05) is 0 Å². The van der Waals surface area contributed by atoms with E-state index in [4.69, 9.17) is 0 Å². The summed E-state index contributed by atoms with van der Waals surface area (Å²) in [5.41, 5.74) is -2.64. The predicted molar refractivity (Wildman–Crippen MR) is 66.2 cm³/mol. The van der Waals surface area contributed by atoms with Crippen LogP contribution in [-0.2, 0) is 16.2 Å². The van der Waals surface area contributed by atoms with E-state index >= 15 is 0 Å².